The van der Waals surface area contributed by atoms with E-state index in [1.807, 2.05) is 4.57 Å². The van der Waals surface area contributed by atoms with Crippen LogP contribution in [0.1, 0.15) is 11.4 Å². The van der Waals surface area contributed by atoms with Crippen LogP contribution in [0.25, 0.3) is 16.7 Å². The maximum Gasteiger partial charge on any atom is 0.421 e. The largest absolute Gasteiger partial charge is 0.421 e. The van der Waals surface area contributed by atoms with Gasteiger partial charge >= 0.3 is 6.18 Å². The number of rotatable bonds is 9. The molecule has 0 unspecified atom stereocenters. The van der Waals surface area contributed by atoms with Gasteiger partial charge < -0.3 is 24.3 Å². The zero-order valence-corrected chi connectivity index (χ0v) is 22.6. The van der Waals surface area contributed by atoms with Crippen LogP contribution >= 0.6 is 10.0 Å². The summed E-state index contributed by atoms with van der Waals surface area (Å²) in [5, 5.41) is 6.99. The minimum absolute atomic E-state index is 0.0685. The molecule has 1 fully saturated rings. The maximum absolute atomic E-state index is 13.9. The average molecular weight is 571 g/mol. The molecule has 0 saturated carbocycles. The van der Waals surface area contributed by atoms with Gasteiger partial charge in [-0.15, -0.1) is 0 Å². The Balaban J connectivity index is 1.47. The van der Waals surface area contributed by atoms with E-state index < -0.39 is 27.6 Å². The zero-order chi connectivity index (χ0) is 27.8. The fraction of sp³-hybridized carbons (Fsp3) is 0.500. The molecule has 1 saturated heterocycles. The van der Waals surface area contributed by atoms with Gasteiger partial charge in [0.05, 0.1) is 43.6 Å². The molecule has 39 heavy (non-hydrogen) atoms. The molecule has 1 N–H and O–H groups in total. The molecule has 0 spiro atoms. The molecule has 0 aliphatic carbocycles. The quantitative estimate of drug-likeness (QED) is 0.240. The summed E-state index contributed by atoms with van der Waals surface area (Å²) in [4.78, 5) is 15.0. The SMILES string of the molecule is CS(C)(C)CCOCn1c(CNc2nc(N3CCOCC3)nc3c(C(F)(F)F)cnn23)nc2cc(F)ccc21. The van der Waals surface area contributed by atoms with Crippen LogP contribution in [0.15, 0.2) is 24.4 Å². The lowest BCUT2D eigenvalue weighted by Gasteiger charge is -2.27. The van der Waals surface area contributed by atoms with Crippen molar-refractivity contribution in [3.05, 3.63) is 41.6 Å². The van der Waals surface area contributed by atoms with Crippen LogP contribution in [-0.2, 0) is 28.9 Å². The highest BCUT2D eigenvalue weighted by Gasteiger charge is 2.36. The van der Waals surface area contributed by atoms with Crippen LogP contribution in [0.5, 0.6) is 0 Å². The number of ether oxygens (including phenoxy) is 2. The van der Waals surface area contributed by atoms with Crippen LogP contribution in [-0.4, -0.2) is 86.6 Å². The van der Waals surface area contributed by atoms with Crippen molar-refractivity contribution in [2.75, 3.05) is 67.6 Å². The van der Waals surface area contributed by atoms with Crippen molar-refractivity contribution < 1.29 is 27.0 Å². The summed E-state index contributed by atoms with van der Waals surface area (Å²) in [5.41, 5.74) is -0.196. The molecule has 0 amide bonds. The van der Waals surface area contributed by atoms with E-state index in [-0.39, 0.29) is 30.8 Å². The molecular weight excluding hydrogens is 540 g/mol. The van der Waals surface area contributed by atoms with Crippen molar-refractivity contribution in [2.45, 2.75) is 19.5 Å². The first-order valence-corrected chi connectivity index (χ1v) is 15.3. The van der Waals surface area contributed by atoms with Crippen LogP contribution in [0.4, 0.5) is 29.5 Å². The van der Waals surface area contributed by atoms with Crippen LogP contribution in [0.2, 0.25) is 0 Å². The number of nitrogens with zero attached hydrogens (tertiary/aromatic N) is 7. The Kier molecular flexibility index (Phi) is 7.57. The summed E-state index contributed by atoms with van der Waals surface area (Å²) in [6.45, 7) is 2.53. The maximum atomic E-state index is 13.9. The van der Waals surface area contributed by atoms with Gasteiger partial charge in [0.2, 0.25) is 11.9 Å². The lowest BCUT2D eigenvalue weighted by atomic mass is 10.3. The molecular formula is C24H30F4N8O2S. The lowest BCUT2D eigenvalue weighted by Crippen LogP contribution is -2.37. The molecule has 4 heterocycles. The normalized spacial score (nSPS) is 15.4. The molecule has 0 bridgehead atoms. The number of imidazole rings is 1. The van der Waals surface area contributed by atoms with E-state index >= 15 is 0 Å². The number of hydrogen-bond acceptors (Lipinski definition) is 8. The van der Waals surface area contributed by atoms with E-state index in [1.165, 1.54) is 12.1 Å². The van der Waals surface area contributed by atoms with Crippen LogP contribution < -0.4 is 10.2 Å². The van der Waals surface area contributed by atoms with Gasteiger partial charge in [-0.3, -0.25) is 0 Å². The van der Waals surface area contributed by atoms with E-state index in [9.17, 15) is 17.6 Å². The summed E-state index contributed by atoms with van der Waals surface area (Å²) in [6, 6.07) is 4.31. The molecule has 4 aromatic rings. The van der Waals surface area contributed by atoms with Crippen molar-refractivity contribution in [1.29, 1.82) is 0 Å². The summed E-state index contributed by atoms with van der Waals surface area (Å²) < 4.78 is 69.2. The minimum atomic E-state index is -4.64. The molecule has 15 heteroatoms. The molecule has 0 atom stereocenters. The number of nitrogens with one attached hydrogen (secondary N) is 1. The zero-order valence-electron chi connectivity index (χ0n) is 21.8. The number of anilines is 2. The molecule has 5 rings (SSSR count). The van der Waals surface area contributed by atoms with E-state index in [2.05, 4.69) is 44.1 Å². The summed E-state index contributed by atoms with van der Waals surface area (Å²) in [5.74, 6) is 1.21. The molecule has 3 aromatic heterocycles. The molecule has 212 valence electrons. The Morgan fingerprint density at radius 1 is 1.10 bits per heavy atom. The number of fused-ring (bicyclic) bond motifs is 2. The van der Waals surface area contributed by atoms with E-state index in [0.717, 1.165) is 16.5 Å². The number of alkyl halides is 3. The predicted octanol–water partition coefficient (Wildman–Crippen LogP) is 3.75. The van der Waals surface area contributed by atoms with Crippen molar-refractivity contribution in [2.24, 2.45) is 0 Å². The number of aromatic nitrogens is 6. The lowest BCUT2D eigenvalue weighted by molar-refractivity contribution is -0.136. The third-order valence-electron chi connectivity index (χ3n) is 6.21. The van der Waals surface area contributed by atoms with Gasteiger partial charge in [-0.25, -0.2) is 19.4 Å². The predicted molar refractivity (Wildman–Crippen MR) is 142 cm³/mol. The highest BCUT2D eigenvalue weighted by atomic mass is 32.3. The molecule has 1 aromatic carbocycles. The van der Waals surface area contributed by atoms with E-state index in [1.54, 1.807) is 11.0 Å². The molecule has 10 nitrogen and oxygen atoms in total. The molecule has 0 radical (unpaired) electrons. The van der Waals surface area contributed by atoms with Gasteiger partial charge in [0, 0.05) is 24.9 Å². The summed E-state index contributed by atoms with van der Waals surface area (Å²) in [6.07, 6.45) is 2.71. The number of hydrogen-bond donors (Lipinski definition) is 1. The van der Waals surface area contributed by atoms with Crippen molar-refractivity contribution in [3.63, 3.8) is 0 Å². The molecule has 1 aliphatic heterocycles. The smallest absolute Gasteiger partial charge is 0.378 e. The van der Waals surface area contributed by atoms with Gasteiger partial charge in [-0.05, 0) is 30.9 Å². The standard InChI is InChI=1S/C24H30F4N8O2S/c1-39(2,3)11-10-38-15-35-19-5-4-16(25)12-18(19)31-20(35)14-29-22-33-23(34-6-8-37-9-7-34)32-21-17(24(26,27)28)13-30-36(21)22/h4-5,12-13H,6-11,14-15H2,1-3H3,(H,29,32,33). The topological polar surface area (TPSA) is 94.6 Å². The van der Waals surface area contributed by atoms with Gasteiger partial charge in [0.1, 0.15) is 23.9 Å². The Labute approximate surface area is 223 Å². The van der Waals surface area contributed by atoms with Crippen LogP contribution in [0, 0.1) is 5.82 Å². The second-order valence-electron chi connectivity index (χ2n) is 10.0. The number of halogens is 4. The van der Waals surface area contributed by atoms with Crippen LogP contribution in [0.3, 0.4) is 0 Å². The Hall–Kier alpha value is -3.17. The fourth-order valence-corrected chi connectivity index (χ4v) is 4.76. The fourth-order valence-electron chi connectivity index (χ4n) is 4.14. The highest BCUT2D eigenvalue weighted by molar-refractivity contribution is 8.32. The van der Waals surface area contributed by atoms with Gasteiger partial charge in [-0.2, -0.15) is 32.8 Å². The first-order chi connectivity index (χ1) is 18.5. The average Bonchev–Trinajstić information content (AvgIpc) is 3.46. The second-order valence-corrected chi connectivity index (χ2v) is 14.6. The van der Waals surface area contributed by atoms with Gasteiger partial charge in [0.25, 0.3) is 0 Å². The highest BCUT2D eigenvalue weighted by Crippen LogP contribution is 2.34. The minimum Gasteiger partial charge on any atom is -0.378 e. The third-order valence-corrected chi connectivity index (χ3v) is 7.60. The van der Waals surface area contributed by atoms with Crippen molar-refractivity contribution >= 4 is 38.6 Å². The second kappa shape index (κ2) is 10.8. The Morgan fingerprint density at radius 3 is 2.59 bits per heavy atom. The Morgan fingerprint density at radius 2 is 1.87 bits per heavy atom. The van der Waals surface area contributed by atoms with Gasteiger partial charge in [-0.1, -0.05) is 0 Å². The molecule has 1 aliphatic rings. The van der Waals surface area contributed by atoms with Crippen molar-refractivity contribution in [3.8, 4) is 0 Å². The van der Waals surface area contributed by atoms with E-state index in [4.69, 9.17) is 9.47 Å². The monoisotopic (exact) mass is 570 g/mol. The first-order valence-electron chi connectivity index (χ1n) is 12.3. The summed E-state index contributed by atoms with van der Waals surface area (Å²) in [7, 11) is -0.740. The summed E-state index contributed by atoms with van der Waals surface area (Å²) >= 11 is 0. The van der Waals surface area contributed by atoms with Gasteiger partial charge in [0.15, 0.2) is 5.65 Å². The Bertz CT molecular complexity index is 1460. The van der Waals surface area contributed by atoms with Crippen molar-refractivity contribution in [1.82, 2.24) is 29.1 Å². The van der Waals surface area contributed by atoms with E-state index in [0.29, 0.717) is 49.8 Å². The first kappa shape index (κ1) is 27.4. The third kappa shape index (κ3) is 6.20. The number of morpholine rings is 1. The number of benzene rings is 1.